The van der Waals surface area contributed by atoms with Gasteiger partial charge in [0.1, 0.15) is 0 Å². The number of aromatic nitrogens is 3. The standard InChI is InChI=1S/C18H21N5OS/c1-22(10-13-12-25-17-5-3-2-4-15(13)17)18(24)16-11-23(21-20-16)14-6-8-19-9-7-14/h2-5,11-12,14,19H,6-10H2,1H3. The van der Waals surface area contributed by atoms with E-state index in [9.17, 15) is 4.79 Å². The molecule has 0 aliphatic carbocycles. The van der Waals surface area contributed by atoms with Gasteiger partial charge in [0.2, 0.25) is 0 Å². The average Bonchev–Trinajstić information content (AvgIpc) is 3.30. The fourth-order valence-corrected chi connectivity index (χ4v) is 4.26. The lowest BCUT2D eigenvalue weighted by molar-refractivity contribution is 0.0780. The number of amides is 1. The summed E-state index contributed by atoms with van der Waals surface area (Å²) >= 11 is 1.71. The lowest BCUT2D eigenvalue weighted by Crippen LogP contribution is -2.29. The quantitative estimate of drug-likeness (QED) is 0.782. The summed E-state index contributed by atoms with van der Waals surface area (Å²) in [6.07, 6.45) is 3.84. The van der Waals surface area contributed by atoms with Crippen LogP contribution in [0.2, 0.25) is 0 Å². The first-order chi connectivity index (χ1) is 12.2. The van der Waals surface area contributed by atoms with Crippen molar-refractivity contribution in [3.63, 3.8) is 0 Å². The Bertz CT molecular complexity index is 880. The number of hydrogen-bond donors (Lipinski definition) is 1. The van der Waals surface area contributed by atoms with Crippen molar-refractivity contribution in [2.75, 3.05) is 20.1 Å². The summed E-state index contributed by atoms with van der Waals surface area (Å²) in [5.41, 5.74) is 1.59. The number of fused-ring (bicyclic) bond motifs is 1. The number of rotatable bonds is 4. The molecule has 1 N–H and O–H groups in total. The lowest BCUT2D eigenvalue weighted by atomic mass is 10.1. The number of nitrogens with zero attached hydrogens (tertiary/aromatic N) is 4. The lowest BCUT2D eigenvalue weighted by Gasteiger charge is -2.22. The zero-order valence-electron chi connectivity index (χ0n) is 14.2. The van der Waals surface area contributed by atoms with Crippen LogP contribution in [-0.2, 0) is 6.54 Å². The summed E-state index contributed by atoms with van der Waals surface area (Å²) in [5, 5.41) is 15.0. The molecule has 1 fully saturated rings. The van der Waals surface area contributed by atoms with Crippen LogP contribution >= 0.6 is 11.3 Å². The minimum absolute atomic E-state index is 0.0875. The van der Waals surface area contributed by atoms with Gasteiger partial charge in [-0.15, -0.1) is 16.4 Å². The van der Waals surface area contributed by atoms with Crippen LogP contribution < -0.4 is 5.32 Å². The van der Waals surface area contributed by atoms with Crippen molar-refractivity contribution in [2.45, 2.75) is 25.4 Å². The van der Waals surface area contributed by atoms with Crippen LogP contribution in [0.5, 0.6) is 0 Å². The Morgan fingerprint density at radius 2 is 2.16 bits per heavy atom. The Morgan fingerprint density at radius 1 is 1.36 bits per heavy atom. The number of thiophene rings is 1. The van der Waals surface area contributed by atoms with Gasteiger partial charge in [-0.25, -0.2) is 4.68 Å². The van der Waals surface area contributed by atoms with E-state index >= 15 is 0 Å². The highest BCUT2D eigenvalue weighted by molar-refractivity contribution is 7.17. The van der Waals surface area contributed by atoms with Crippen molar-refractivity contribution in [1.82, 2.24) is 25.2 Å². The molecule has 0 radical (unpaired) electrons. The van der Waals surface area contributed by atoms with Crippen molar-refractivity contribution < 1.29 is 4.79 Å². The van der Waals surface area contributed by atoms with Gasteiger partial charge in [-0.1, -0.05) is 23.4 Å². The third kappa shape index (κ3) is 3.29. The minimum atomic E-state index is -0.0875. The van der Waals surface area contributed by atoms with E-state index < -0.39 is 0 Å². The summed E-state index contributed by atoms with van der Waals surface area (Å²) in [4.78, 5) is 14.4. The summed E-state index contributed by atoms with van der Waals surface area (Å²) in [6.45, 7) is 2.54. The fraction of sp³-hybridized carbons (Fsp3) is 0.389. The van der Waals surface area contributed by atoms with Crippen molar-refractivity contribution >= 4 is 27.3 Å². The largest absolute Gasteiger partial charge is 0.336 e. The molecule has 1 aliphatic rings. The molecule has 130 valence electrons. The molecule has 7 heteroatoms. The molecule has 0 saturated carbocycles. The molecule has 1 aliphatic heterocycles. The summed E-state index contributed by atoms with van der Waals surface area (Å²) in [6, 6.07) is 8.62. The molecule has 4 rings (SSSR count). The first kappa shape index (κ1) is 16.2. The molecule has 3 heterocycles. The summed E-state index contributed by atoms with van der Waals surface area (Å²) in [7, 11) is 1.82. The predicted octanol–water partition coefficient (Wildman–Crippen LogP) is 2.69. The van der Waals surface area contributed by atoms with Crippen molar-refractivity contribution in [1.29, 1.82) is 0 Å². The Hall–Kier alpha value is -2.25. The van der Waals surface area contributed by atoms with E-state index in [1.807, 2.05) is 23.9 Å². The molecule has 3 aromatic rings. The van der Waals surface area contributed by atoms with Crippen molar-refractivity contribution in [2.24, 2.45) is 0 Å². The topological polar surface area (TPSA) is 63.1 Å². The Labute approximate surface area is 150 Å². The second kappa shape index (κ2) is 6.93. The highest BCUT2D eigenvalue weighted by Gasteiger charge is 2.21. The molecular formula is C18H21N5OS. The molecule has 1 saturated heterocycles. The van der Waals surface area contributed by atoms with Crippen LogP contribution in [0.25, 0.3) is 10.1 Å². The number of carbonyl (C=O) groups is 1. The highest BCUT2D eigenvalue weighted by Crippen LogP contribution is 2.26. The SMILES string of the molecule is CN(Cc1csc2ccccc12)C(=O)c1cn(C2CCNCC2)nn1. The molecule has 0 spiro atoms. The monoisotopic (exact) mass is 355 g/mol. The Kier molecular flexibility index (Phi) is 4.50. The molecule has 0 atom stereocenters. The van der Waals surface area contributed by atoms with Gasteiger partial charge in [0.05, 0.1) is 12.2 Å². The molecule has 2 aromatic heterocycles. The van der Waals surface area contributed by atoms with E-state index in [0.29, 0.717) is 18.3 Å². The van der Waals surface area contributed by atoms with Crippen molar-refractivity contribution in [3.8, 4) is 0 Å². The second-order valence-corrected chi connectivity index (χ2v) is 7.39. The molecule has 1 aromatic carbocycles. The third-order valence-corrected chi connectivity index (χ3v) is 5.74. The first-order valence-electron chi connectivity index (χ1n) is 8.55. The van der Waals surface area contributed by atoms with Crippen molar-refractivity contribution in [3.05, 3.63) is 47.1 Å². The van der Waals surface area contributed by atoms with Crippen LogP contribution in [0.3, 0.4) is 0 Å². The Balaban J connectivity index is 1.47. The number of nitrogens with one attached hydrogen (secondary N) is 1. The smallest absolute Gasteiger partial charge is 0.276 e. The number of piperidine rings is 1. The normalized spacial score (nSPS) is 15.6. The van der Waals surface area contributed by atoms with Gasteiger partial charge >= 0.3 is 0 Å². The van der Waals surface area contributed by atoms with E-state index in [1.165, 1.54) is 15.6 Å². The van der Waals surface area contributed by atoms with E-state index in [4.69, 9.17) is 0 Å². The molecule has 6 nitrogen and oxygen atoms in total. The van der Waals surface area contributed by atoms with Gasteiger partial charge in [-0.3, -0.25) is 4.79 Å². The molecule has 0 bridgehead atoms. The maximum Gasteiger partial charge on any atom is 0.276 e. The van der Waals surface area contributed by atoms with Crippen LogP contribution in [-0.4, -0.2) is 45.9 Å². The molecule has 25 heavy (non-hydrogen) atoms. The Morgan fingerprint density at radius 3 is 3.00 bits per heavy atom. The maximum atomic E-state index is 12.7. The van der Waals surface area contributed by atoms with Gasteiger partial charge in [0.25, 0.3) is 5.91 Å². The minimum Gasteiger partial charge on any atom is -0.336 e. The fourth-order valence-electron chi connectivity index (χ4n) is 3.30. The van der Waals surface area contributed by atoms with Crippen LogP contribution in [0.4, 0.5) is 0 Å². The number of benzene rings is 1. The van der Waals surface area contributed by atoms with Gasteiger partial charge < -0.3 is 10.2 Å². The number of hydrogen-bond acceptors (Lipinski definition) is 5. The summed E-state index contributed by atoms with van der Waals surface area (Å²) < 4.78 is 3.09. The van der Waals surface area contributed by atoms with Gasteiger partial charge in [0, 0.05) is 18.3 Å². The van der Waals surface area contributed by atoms with Crippen LogP contribution in [0, 0.1) is 0 Å². The van der Waals surface area contributed by atoms with Crippen LogP contribution in [0.15, 0.2) is 35.8 Å². The molecular weight excluding hydrogens is 334 g/mol. The zero-order valence-corrected chi connectivity index (χ0v) is 15.0. The zero-order chi connectivity index (χ0) is 17.2. The van der Waals surface area contributed by atoms with Crippen LogP contribution in [0.1, 0.15) is 34.9 Å². The van der Waals surface area contributed by atoms with E-state index in [0.717, 1.165) is 25.9 Å². The maximum absolute atomic E-state index is 12.7. The molecule has 0 unspecified atom stereocenters. The van der Waals surface area contributed by atoms with Gasteiger partial charge in [-0.05, 0) is 48.3 Å². The highest BCUT2D eigenvalue weighted by atomic mass is 32.1. The van der Waals surface area contributed by atoms with Gasteiger partial charge in [-0.2, -0.15) is 0 Å². The number of carbonyl (C=O) groups excluding carboxylic acids is 1. The van der Waals surface area contributed by atoms with E-state index in [-0.39, 0.29) is 5.91 Å². The van der Waals surface area contributed by atoms with Gasteiger partial charge in [0.15, 0.2) is 5.69 Å². The molecule has 1 amide bonds. The predicted molar refractivity (Wildman–Crippen MR) is 98.8 cm³/mol. The second-order valence-electron chi connectivity index (χ2n) is 6.48. The van der Waals surface area contributed by atoms with E-state index in [2.05, 4.69) is 33.1 Å². The third-order valence-electron chi connectivity index (χ3n) is 4.73. The average molecular weight is 355 g/mol. The first-order valence-corrected chi connectivity index (χ1v) is 9.43. The van der Waals surface area contributed by atoms with E-state index in [1.54, 1.807) is 22.4 Å². The summed E-state index contributed by atoms with van der Waals surface area (Å²) in [5.74, 6) is -0.0875.